The fourth-order valence-corrected chi connectivity index (χ4v) is 2.69. The van der Waals surface area contributed by atoms with Gasteiger partial charge in [0, 0.05) is 29.7 Å². The summed E-state index contributed by atoms with van der Waals surface area (Å²) in [5.74, 6) is 0. The van der Waals surface area contributed by atoms with E-state index in [2.05, 4.69) is 78.0 Å². The number of para-hydroxylation sites is 1. The number of aromatic amines is 1. The van der Waals surface area contributed by atoms with Gasteiger partial charge in [-0.25, -0.2) is 0 Å². The average molecular weight is 264 g/mol. The second-order valence-electron chi connectivity index (χ2n) is 5.12. The first kappa shape index (κ1) is 12.9. The SMILES string of the molecule is CC[C@@H](NCc1ccccc1)c1c[nH]c2ccccc12. The van der Waals surface area contributed by atoms with Crippen LogP contribution in [0, 0.1) is 0 Å². The summed E-state index contributed by atoms with van der Waals surface area (Å²) in [6.07, 6.45) is 3.21. The van der Waals surface area contributed by atoms with Crippen LogP contribution in [0.3, 0.4) is 0 Å². The van der Waals surface area contributed by atoms with E-state index >= 15 is 0 Å². The third-order valence-electron chi connectivity index (χ3n) is 3.80. The summed E-state index contributed by atoms with van der Waals surface area (Å²) in [6, 6.07) is 19.4. The minimum atomic E-state index is 0.381. The topological polar surface area (TPSA) is 27.8 Å². The number of benzene rings is 2. The molecular formula is C18H20N2. The van der Waals surface area contributed by atoms with Crippen LogP contribution in [-0.2, 0) is 6.54 Å². The van der Waals surface area contributed by atoms with Gasteiger partial charge in [-0.3, -0.25) is 0 Å². The zero-order valence-corrected chi connectivity index (χ0v) is 11.8. The zero-order chi connectivity index (χ0) is 13.8. The van der Waals surface area contributed by atoms with Crippen LogP contribution in [0.25, 0.3) is 10.9 Å². The van der Waals surface area contributed by atoms with E-state index in [1.54, 1.807) is 0 Å². The van der Waals surface area contributed by atoms with Gasteiger partial charge in [0.2, 0.25) is 0 Å². The molecule has 0 saturated carbocycles. The minimum absolute atomic E-state index is 0.381. The van der Waals surface area contributed by atoms with Gasteiger partial charge in [-0.05, 0) is 23.6 Å². The molecule has 1 aromatic heterocycles. The Labute approximate surface area is 119 Å². The highest BCUT2D eigenvalue weighted by atomic mass is 14.9. The van der Waals surface area contributed by atoms with E-state index in [0.29, 0.717) is 6.04 Å². The summed E-state index contributed by atoms with van der Waals surface area (Å²) in [5, 5.41) is 4.98. The Hall–Kier alpha value is -2.06. The van der Waals surface area contributed by atoms with Gasteiger partial charge < -0.3 is 10.3 Å². The molecule has 2 aromatic carbocycles. The first-order chi connectivity index (χ1) is 9.88. The standard InChI is InChI=1S/C18H20N2/c1-2-17(19-12-14-8-4-3-5-9-14)16-13-20-18-11-7-6-10-15(16)18/h3-11,13,17,19-20H,2,12H2,1H3/t17-/m1/s1. The van der Waals surface area contributed by atoms with E-state index in [1.165, 1.54) is 22.0 Å². The number of H-pyrrole nitrogens is 1. The van der Waals surface area contributed by atoms with Gasteiger partial charge in [-0.1, -0.05) is 55.5 Å². The minimum Gasteiger partial charge on any atom is -0.361 e. The molecular weight excluding hydrogens is 244 g/mol. The maximum atomic E-state index is 3.66. The number of hydrogen-bond donors (Lipinski definition) is 2. The van der Waals surface area contributed by atoms with Crippen LogP contribution in [0.1, 0.15) is 30.5 Å². The van der Waals surface area contributed by atoms with Gasteiger partial charge in [-0.15, -0.1) is 0 Å². The quantitative estimate of drug-likeness (QED) is 0.702. The fraction of sp³-hybridized carbons (Fsp3) is 0.222. The molecule has 20 heavy (non-hydrogen) atoms. The molecule has 0 amide bonds. The number of fused-ring (bicyclic) bond motifs is 1. The number of rotatable bonds is 5. The van der Waals surface area contributed by atoms with Crippen LogP contribution in [-0.4, -0.2) is 4.98 Å². The maximum absolute atomic E-state index is 3.66. The van der Waals surface area contributed by atoms with Crippen molar-refractivity contribution in [2.45, 2.75) is 25.9 Å². The molecule has 0 aliphatic heterocycles. The van der Waals surface area contributed by atoms with Crippen LogP contribution in [0.5, 0.6) is 0 Å². The van der Waals surface area contributed by atoms with Gasteiger partial charge in [0.05, 0.1) is 0 Å². The van der Waals surface area contributed by atoms with E-state index in [1.807, 2.05) is 0 Å². The predicted octanol–water partition coefficient (Wildman–Crippen LogP) is 4.41. The summed E-state index contributed by atoms with van der Waals surface area (Å²) < 4.78 is 0. The largest absolute Gasteiger partial charge is 0.361 e. The summed E-state index contributed by atoms with van der Waals surface area (Å²) in [7, 11) is 0. The van der Waals surface area contributed by atoms with E-state index < -0.39 is 0 Å². The van der Waals surface area contributed by atoms with E-state index in [4.69, 9.17) is 0 Å². The molecule has 3 aromatic rings. The molecule has 0 fully saturated rings. The Morgan fingerprint density at radius 2 is 1.75 bits per heavy atom. The number of aromatic nitrogens is 1. The highest BCUT2D eigenvalue weighted by Crippen LogP contribution is 2.26. The zero-order valence-electron chi connectivity index (χ0n) is 11.8. The van der Waals surface area contributed by atoms with Crippen molar-refractivity contribution in [1.29, 1.82) is 0 Å². The van der Waals surface area contributed by atoms with E-state index in [0.717, 1.165) is 13.0 Å². The lowest BCUT2D eigenvalue weighted by Crippen LogP contribution is -2.19. The average Bonchev–Trinajstić information content (AvgIpc) is 2.93. The molecule has 0 aliphatic rings. The third kappa shape index (κ3) is 2.61. The lowest BCUT2D eigenvalue weighted by molar-refractivity contribution is 0.522. The first-order valence-corrected chi connectivity index (χ1v) is 7.22. The Morgan fingerprint density at radius 1 is 1.00 bits per heavy atom. The number of nitrogens with one attached hydrogen (secondary N) is 2. The predicted molar refractivity (Wildman–Crippen MR) is 84.6 cm³/mol. The fourth-order valence-electron chi connectivity index (χ4n) is 2.69. The van der Waals surface area contributed by atoms with Crippen molar-refractivity contribution in [3.63, 3.8) is 0 Å². The highest BCUT2D eigenvalue weighted by Gasteiger charge is 2.13. The second-order valence-corrected chi connectivity index (χ2v) is 5.12. The Kier molecular flexibility index (Phi) is 3.84. The molecule has 0 bridgehead atoms. The van der Waals surface area contributed by atoms with Crippen molar-refractivity contribution >= 4 is 10.9 Å². The molecule has 0 unspecified atom stereocenters. The van der Waals surface area contributed by atoms with Gasteiger partial charge in [-0.2, -0.15) is 0 Å². The molecule has 2 nitrogen and oxygen atoms in total. The van der Waals surface area contributed by atoms with Crippen molar-refractivity contribution < 1.29 is 0 Å². The Balaban J connectivity index is 1.79. The number of hydrogen-bond acceptors (Lipinski definition) is 1. The Morgan fingerprint density at radius 3 is 2.55 bits per heavy atom. The lowest BCUT2D eigenvalue weighted by atomic mass is 10.0. The van der Waals surface area contributed by atoms with Crippen molar-refractivity contribution in [3.05, 3.63) is 71.9 Å². The smallest absolute Gasteiger partial charge is 0.0457 e. The van der Waals surface area contributed by atoms with Crippen LogP contribution >= 0.6 is 0 Å². The van der Waals surface area contributed by atoms with Gasteiger partial charge >= 0.3 is 0 Å². The first-order valence-electron chi connectivity index (χ1n) is 7.22. The molecule has 1 heterocycles. The van der Waals surface area contributed by atoms with Crippen molar-refractivity contribution in [2.75, 3.05) is 0 Å². The summed E-state index contributed by atoms with van der Waals surface area (Å²) in [6.45, 7) is 3.13. The summed E-state index contributed by atoms with van der Waals surface area (Å²) in [5.41, 5.74) is 3.90. The van der Waals surface area contributed by atoms with E-state index in [-0.39, 0.29) is 0 Å². The van der Waals surface area contributed by atoms with Crippen LogP contribution < -0.4 is 5.32 Å². The maximum Gasteiger partial charge on any atom is 0.0457 e. The van der Waals surface area contributed by atoms with Crippen LogP contribution in [0.15, 0.2) is 60.8 Å². The van der Waals surface area contributed by atoms with Gasteiger partial charge in [0.25, 0.3) is 0 Å². The monoisotopic (exact) mass is 264 g/mol. The van der Waals surface area contributed by atoms with Crippen LogP contribution in [0.2, 0.25) is 0 Å². The van der Waals surface area contributed by atoms with E-state index in [9.17, 15) is 0 Å². The molecule has 102 valence electrons. The van der Waals surface area contributed by atoms with Crippen LogP contribution in [0.4, 0.5) is 0 Å². The van der Waals surface area contributed by atoms with Gasteiger partial charge in [0.1, 0.15) is 0 Å². The molecule has 0 saturated heterocycles. The third-order valence-corrected chi connectivity index (χ3v) is 3.80. The summed E-state index contributed by atoms with van der Waals surface area (Å²) in [4.78, 5) is 3.36. The molecule has 0 spiro atoms. The van der Waals surface area contributed by atoms with Gasteiger partial charge in [0.15, 0.2) is 0 Å². The van der Waals surface area contributed by atoms with Crippen molar-refractivity contribution in [1.82, 2.24) is 10.3 Å². The molecule has 2 heteroatoms. The normalized spacial score (nSPS) is 12.7. The summed E-state index contributed by atoms with van der Waals surface area (Å²) >= 11 is 0. The molecule has 2 N–H and O–H groups in total. The molecule has 1 atom stereocenters. The highest BCUT2D eigenvalue weighted by molar-refractivity contribution is 5.83. The van der Waals surface area contributed by atoms with Crippen molar-refractivity contribution in [3.8, 4) is 0 Å². The molecule has 3 rings (SSSR count). The molecule has 0 radical (unpaired) electrons. The molecule has 0 aliphatic carbocycles. The lowest BCUT2D eigenvalue weighted by Gasteiger charge is -2.16. The second kappa shape index (κ2) is 5.93. The van der Waals surface area contributed by atoms with Crippen molar-refractivity contribution in [2.24, 2.45) is 0 Å². The Bertz CT molecular complexity index is 670.